The molecule has 0 saturated carbocycles. The molecule has 2 aromatic heterocycles. The van der Waals surface area contributed by atoms with E-state index in [4.69, 9.17) is 0 Å². The van der Waals surface area contributed by atoms with Crippen molar-refractivity contribution >= 4 is 50.1 Å². The average Bonchev–Trinajstić information content (AvgIpc) is 3.64. The number of nitrogens with zero attached hydrogens (tertiary/aromatic N) is 3. The van der Waals surface area contributed by atoms with Gasteiger partial charge in [0, 0.05) is 33.7 Å². The molecule has 9 rings (SSSR count). The third-order valence-corrected chi connectivity index (χ3v) is 9.74. The van der Waals surface area contributed by atoms with E-state index in [1.54, 1.807) is 0 Å². The predicted octanol–water partition coefficient (Wildman–Crippen LogP) is 11.0. The number of hydrogen-bond donors (Lipinski definition) is 0. The fraction of sp³-hybridized carbons (Fsp3) is 0.0909. The molecule has 0 aliphatic heterocycles. The summed E-state index contributed by atoms with van der Waals surface area (Å²) >= 11 is 0. The molecule has 2 aliphatic carbocycles. The summed E-state index contributed by atoms with van der Waals surface area (Å²) in [7, 11) is 0. The van der Waals surface area contributed by atoms with Crippen molar-refractivity contribution in [3.63, 3.8) is 0 Å². The van der Waals surface area contributed by atoms with Crippen LogP contribution >= 0.6 is 0 Å². The molecule has 47 heavy (non-hydrogen) atoms. The zero-order chi connectivity index (χ0) is 31.5. The molecular formula is C44H31N3. The number of allylic oxidation sites excluding steroid dienone is 4. The topological polar surface area (TPSA) is 33.6 Å². The van der Waals surface area contributed by atoms with Gasteiger partial charge in [-0.25, -0.2) is 0 Å². The van der Waals surface area contributed by atoms with E-state index in [1.165, 1.54) is 32.9 Å². The molecule has 2 aliphatic rings. The maximum Gasteiger partial charge on any atom is 0.0998 e. The molecule has 1 unspecified atom stereocenters. The van der Waals surface area contributed by atoms with E-state index in [1.807, 2.05) is 12.1 Å². The monoisotopic (exact) mass is 601 g/mol. The first-order valence-corrected chi connectivity index (χ1v) is 16.3. The molecule has 0 bridgehead atoms. The van der Waals surface area contributed by atoms with Crippen molar-refractivity contribution in [1.82, 2.24) is 9.13 Å². The Labute approximate surface area is 273 Å². The lowest BCUT2D eigenvalue weighted by atomic mass is 9.93. The standard InChI is InChI=1S/C44H31N3/c1-29-20-25-42-38(26-29)37-15-4-5-16-39(37)46(42)34-12-8-10-32(27-34)30-21-23-31(24-22-30)44-33(28-45)11-9-19-43(44)47-40-17-6-2-13-35(40)36-14-3-7-18-41(36)47/h2-11,13-25,29H,12,26H2,1H3. The molecule has 3 nitrogen and oxygen atoms in total. The number of aromatic nitrogens is 2. The number of nitriles is 1. The molecule has 222 valence electrons. The van der Waals surface area contributed by atoms with E-state index in [-0.39, 0.29) is 0 Å². The van der Waals surface area contributed by atoms with E-state index >= 15 is 0 Å². The van der Waals surface area contributed by atoms with Crippen LogP contribution in [0.1, 0.15) is 35.7 Å². The zero-order valence-corrected chi connectivity index (χ0v) is 26.1. The SMILES string of the molecule is CC1C=Cc2c(c3ccccc3n2C2=C=C(c3ccc(-c4c(C#N)cccc4-n4c5ccccc5c5ccccc54)cc3)C=CC2)C1. The lowest BCUT2D eigenvalue weighted by Gasteiger charge is -2.17. The number of benzene rings is 5. The van der Waals surface area contributed by atoms with Crippen LogP contribution in [0.2, 0.25) is 0 Å². The lowest BCUT2D eigenvalue weighted by Crippen LogP contribution is -2.06. The van der Waals surface area contributed by atoms with Crippen LogP contribution in [0.15, 0.2) is 139 Å². The summed E-state index contributed by atoms with van der Waals surface area (Å²) in [4.78, 5) is 0. The van der Waals surface area contributed by atoms with Crippen LogP contribution in [0, 0.1) is 17.2 Å². The summed E-state index contributed by atoms with van der Waals surface area (Å²) in [6.07, 6.45) is 10.9. The highest BCUT2D eigenvalue weighted by Crippen LogP contribution is 2.39. The second-order valence-electron chi connectivity index (χ2n) is 12.6. The Morgan fingerprint density at radius 3 is 2.02 bits per heavy atom. The second kappa shape index (κ2) is 10.8. The molecule has 7 aromatic rings. The van der Waals surface area contributed by atoms with Gasteiger partial charge in [0.2, 0.25) is 0 Å². The molecule has 0 N–H and O–H groups in total. The molecule has 0 fully saturated rings. The molecule has 0 saturated heterocycles. The van der Waals surface area contributed by atoms with Crippen molar-refractivity contribution < 1.29 is 0 Å². The number of fused-ring (bicyclic) bond motifs is 6. The van der Waals surface area contributed by atoms with Crippen molar-refractivity contribution in [2.24, 2.45) is 5.92 Å². The molecule has 0 amide bonds. The highest BCUT2D eigenvalue weighted by Gasteiger charge is 2.22. The first kappa shape index (κ1) is 27.3. The van der Waals surface area contributed by atoms with Crippen LogP contribution in [0.3, 0.4) is 0 Å². The minimum Gasteiger partial charge on any atom is -0.309 e. The van der Waals surface area contributed by atoms with E-state index in [9.17, 15) is 5.26 Å². The number of hydrogen-bond acceptors (Lipinski definition) is 1. The van der Waals surface area contributed by atoms with Gasteiger partial charge in [-0.1, -0.05) is 116 Å². The molecule has 3 heteroatoms. The molecule has 2 heterocycles. The molecular weight excluding hydrogens is 571 g/mol. The second-order valence-corrected chi connectivity index (χ2v) is 12.6. The van der Waals surface area contributed by atoms with Crippen LogP contribution in [0.25, 0.3) is 66.9 Å². The quantitative estimate of drug-likeness (QED) is 0.185. The van der Waals surface area contributed by atoms with Gasteiger partial charge in [-0.15, -0.1) is 0 Å². The van der Waals surface area contributed by atoms with Crippen LogP contribution in [0.4, 0.5) is 0 Å². The van der Waals surface area contributed by atoms with Crippen molar-refractivity contribution in [2.75, 3.05) is 0 Å². The van der Waals surface area contributed by atoms with E-state index in [0.29, 0.717) is 11.5 Å². The van der Waals surface area contributed by atoms with Crippen LogP contribution in [-0.4, -0.2) is 9.13 Å². The normalized spacial score (nSPS) is 15.5. The minimum atomic E-state index is 0.535. The first-order valence-electron chi connectivity index (χ1n) is 16.3. The summed E-state index contributed by atoms with van der Waals surface area (Å²) in [6, 6.07) is 42.9. The molecule has 0 spiro atoms. The van der Waals surface area contributed by atoms with Gasteiger partial charge in [-0.3, -0.25) is 0 Å². The average molecular weight is 602 g/mol. The van der Waals surface area contributed by atoms with E-state index in [0.717, 1.165) is 57.5 Å². The molecule has 0 radical (unpaired) electrons. The van der Waals surface area contributed by atoms with Crippen LogP contribution in [-0.2, 0) is 6.42 Å². The molecule has 5 aromatic carbocycles. The van der Waals surface area contributed by atoms with Crippen LogP contribution in [0.5, 0.6) is 0 Å². The summed E-state index contributed by atoms with van der Waals surface area (Å²) in [5, 5.41) is 14.0. The summed E-state index contributed by atoms with van der Waals surface area (Å²) in [5.74, 6) is 0.535. The van der Waals surface area contributed by atoms with Gasteiger partial charge >= 0.3 is 0 Å². The summed E-state index contributed by atoms with van der Waals surface area (Å²) in [6.45, 7) is 2.29. The van der Waals surface area contributed by atoms with Crippen LogP contribution < -0.4 is 0 Å². The highest BCUT2D eigenvalue weighted by molar-refractivity contribution is 6.10. The van der Waals surface area contributed by atoms with Crippen molar-refractivity contribution in [3.8, 4) is 22.9 Å². The maximum atomic E-state index is 10.3. The highest BCUT2D eigenvalue weighted by atomic mass is 15.0. The first-order chi connectivity index (χ1) is 23.2. The Morgan fingerprint density at radius 2 is 1.32 bits per heavy atom. The van der Waals surface area contributed by atoms with Crippen molar-refractivity contribution in [1.29, 1.82) is 5.26 Å². The van der Waals surface area contributed by atoms with E-state index in [2.05, 4.69) is 155 Å². The smallest absolute Gasteiger partial charge is 0.0998 e. The molecule has 1 atom stereocenters. The number of rotatable bonds is 4. The van der Waals surface area contributed by atoms with Crippen molar-refractivity contribution in [3.05, 3.63) is 162 Å². The fourth-order valence-corrected chi connectivity index (χ4v) is 7.63. The summed E-state index contributed by atoms with van der Waals surface area (Å²) < 4.78 is 4.71. The van der Waals surface area contributed by atoms with Gasteiger partial charge in [0.1, 0.15) is 0 Å². The number of para-hydroxylation sites is 3. The minimum absolute atomic E-state index is 0.535. The van der Waals surface area contributed by atoms with E-state index < -0.39 is 0 Å². The van der Waals surface area contributed by atoms with Crippen molar-refractivity contribution in [2.45, 2.75) is 19.8 Å². The zero-order valence-electron chi connectivity index (χ0n) is 26.1. The fourth-order valence-electron chi connectivity index (χ4n) is 7.63. The van der Waals surface area contributed by atoms with Gasteiger partial charge in [0.15, 0.2) is 0 Å². The third-order valence-electron chi connectivity index (χ3n) is 9.74. The Morgan fingerprint density at radius 1 is 0.681 bits per heavy atom. The van der Waals surface area contributed by atoms with Gasteiger partial charge < -0.3 is 9.13 Å². The summed E-state index contributed by atoms with van der Waals surface area (Å²) in [5.41, 5.74) is 16.9. The Hall–Kier alpha value is -6.07. The Bertz CT molecular complexity index is 2520. The van der Waals surface area contributed by atoms with Gasteiger partial charge in [-0.05, 0) is 65.4 Å². The van der Waals surface area contributed by atoms with Gasteiger partial charge in [0.05, 0.1) is 45.3 Å². The van der Waals surface area contributed by atoms with Gasteiger partial charge in [-0.2, -0.15) is 5.26 Å². The Balaban J connectivity index is 1.19. The Kier molecular flexibility index (Phi) is 6.25. The maximum absolute atomic E-state index is 10.3. The lowest BCUT2D eigenvalue weighted by molar-refractivity contribution is 0.718. The third kappa shape index (κ3) is 4.27. The largest absolute Gasteiger partial charge is 0.309 e. The predicted molar refractivity (Wildman–Crippen MR) is 195 cm³/mol. The van der Waals surface area contributed by atoms with Gasteiger partial charge in [0.25, 0.3) is 0 Å².